The fraction of sp³-hybridized carbons (Fsp3) is 0.267. The van der Waals surface area contributed by atoms with E-state index in [2.05, 4.69) is 17.2 Å². The monoisotopic (exact) mass is 289 g/mol. The lowest BCUT2D eigenvalue weighted by molar-refractivity contribution is -0.132. The number of nitrogens with one attached hydrogen (secondary N) is 2. The Morgan fingerprint density at radius 1 is 1.19 bits per heavy atom. The molecule has 0 bridgehead atoms. The average Bonchev–Trinajstić information content (AvgIpc) is 2.37. The van der Waals surface area contributed by atoms with Crippen LogP contribution in [0.15, 0.2) is 36.9 Å². The van der Waals surface area contributed by atoms with Crippen molar-refractivity contribution in [1.82, 2.24) is 4.90 Å². The molecule has 1 aromatic carbocycles. The van der Waals surface area contributed by atoms with Crippen molar-refractivity contribution in [3.63, 3.8) is 0 Å². The number of carbonyl (C=O) groups is 3. The number of rotatable bonds is 6. The largest absolute Gasteiger partial charge is 0.330 e. The van der Waals surface area contributed by atoms with Gasteiger partial charge in [0.25, 0.3) is 0 Å². The highest BCUT2D eigenvalue weighted by Crippen LogP contribution is 2.15. The summed E-state index contributed by atoms with van der Waals surface area (Å²) in [6.07, 6.45) is 1.56. The Kier molecular flexibility index (Phi) is 6.13. The number of carbonyl (C=O) groups excluding carboxylic acids is 3. The molecule has 0 unspecified atom stereocenters. The molecule has 6 heteroatoms. The zero-order chi connectivity index (χ0) is 15.8. The van der Waals surface area contributed by atoms with Crippen LogP contribution in [0.25, 0.3) is 0 Å². The van der Waals surface area contributed by atoms with E-state index in [1.54, 1.807) is 30.3 Å². The van der Waals surface area contributed by atoms with Crippen LogP contribution in [0.2, 0.25) is 0 Å². The molecule has 0 spiro atoms. The Morgan fingerprint density at radius 2 is 1.81 bits per heavy atom. The van der Waals surface area contributed by atoms with Gasteiger partial charge in [-0.25, -0.2) is 0 Å². The molecule has 0 fully saturated rings. The van der Waals surface area contributed by atoms with Gasteiger partial charge in [0, 0.05) is 31.8 Å². The highest BCUT2D eigenvalue weighted by molar-refractivity contribution is 5.95. The zero-order valence-electron chi connectivity index (χ0n) is 12.2. The minimum Gasteiger partial charge on any atom is -0.330 e. The first-order valence-corrected chi connectivity index (χ1v) is 6.46. The molecule has 3 amide bonds. The molecule has 0 saturated heterocycles. The van der Waals surface area contributed by atoms with Crippen LogP contribution >= 0.6 is 0 Å². The van der Waals surface area contributed by atoms with Crippen molar-refractivity contribution >= 4 is 29.1 Å². The summed E-state index contributed by atoms with van der Waals surface area (Å²) < 4.78 is 0. The van der Waals surface area contributed by atoms with Crippen LogP contribution in [0.5, 0.6) is 0 Å². The van der Waals surface area contributed by atoms with Gasteiger partial charge in [-0.05, 0) is 18.2 Å². The lowest BCUT2D eigenvalue weighted by Gasteiger charge is -2.18. The number of hydrogen-bond donors (Lipinski definition) is 2. The van der Waals surface area contributed by atoms with Crippen molar-refractivity contribution in [2.45, 2.75) is 13.8 Å². The first kappa shape index (κ1) is 16.4. The maximum absolute atomic E-state index is 11.9. The molecule has 0 radical (unpaired) electrons. The van der Waals surface area contributed by atoms with Crippen LogP contribution in [0.3, 0.4) is 0 Å². The van der Waals surface area contributed by atoms with Gasteiger partial charge in [0.05, 0.1) is 0 Å². The summed E-state index contributed by atoms with van der Waals surface area (Å²) in [5.74, 6) is -0.698. The normalized spacial score (nSPS) is 9.62. The third-order valence-corrected chi connectivity index (χ3v) is 2.60. The molecule has 112 valence electrons. The molecular weight excluding hydrogens is 270 g/mol. The van der Waals surface area contributed by atoms with Gasteiger partial charge in [0.15, 0.2) is 0 Å². The molecule has 0 saturated carbocycles. The molecular formula is C15H19N3O3. The first-order chi connectivity index (χ1) is 9.92. The van der Waals surface area contributed by atoms with E-state index in [4.69, 9.17) is 0 Å². The summed E-state index contributed by atoms with van der Waals surface area (Å²) in [6, 6.07) is 6.78. The highest BCUT2D eigenvalue weighted by atomic mass is 16.2. The quantitative estimate of drug-likeness (QED) is 0.781. The molecule has 1 aromatic rings. The van der Waals surface area contributed by atoms with E-state index in [1.807, 2.05) is 0 Å². The third-order valence-electron chi connectivity index (χ3n) is 2.60. The van der Waals surface area contributed by atoms with Crippen molar-refractivity contribution in [2.24, 2.45) is 0 Å². The van der Waals surface area contributed by atoms with E-state index < -0.39 is 0 Å². The van der Waals surface area contributed by atoms with E-state index in [0.29, 0.717) is 17.9 Å². The summed E-state index contributed by atoms with van der Waals surface area (Å²) >= 11 is 0. The Hall–Kier alpha value is -2.63. The van der Waals surface area contributed by atoms with E-state index in [9.17, 15) is 14.4 Å². The average molecular weight is 289 g/mol. The molecule has 2 N–H and O–H groups in total. The van der Waals surface area contributed by atoms with Crippen LogP contribution < -0.4 is 10.6 Å². The van der Waals surface area contributed by atoms with E-state index in [0.717, 1.165) is 0 Å². The molecule has 0 heterocycles. The van der Waals surface area contributed by atoms with Crippen molar-refractivity contribution in [2.75, 3.05) is 23.7 Å². The fourth-order valence-electron chi connectivity index (χ4n) is 1.71. The molecule has 0 aliphatic rings. The minimum absolute atomic E-state index is 0.0499. The molecule has 1 rings (SSSR count). The van der Waals surface area contributed by atoms with E-state index in [-0.39, 0.29) is 24.3 Å². The Balaban J connectivity index is 2.67. The maximum Gasteiger partial charge on any atom is 0.244 e. The second kappa shape index (κ2) is 7.84. The maximum atomic E-state index is 11.9. The smallest absolute Gasteiger partial charge is 0.244 e. The predicted octanol–water partition coefficient (Wildman–Crippen LogP) is 1.62. The molecule has 0 aliphatic heterocycles. The lowest BCUT2D eigenvalue weighted by atomic mass is 10.2. The number of nitrogens with zero attached hydrogens (tertiary/aromatic N) is 1. The standard InChI is InChI=1S/C15H19N3O3/c1-4-8-18(12(3)20)10-15(21)17-14-7-5-6-13(9-14)16-11(2)19/h4-7,9H,1,8,10H2,2-3H3,(H,16,19)(H,17,21). The van der Waals surface area contributed by atoms with Crippen molar-refractivity contribution in [3.05, 3.63) is 36.9 Å². The van der Waals surface area contributed by atoms with Crippen molar-refractivity contribution in [3.8, 4) is 0 Å². The molecule has 21 heavy (non-hydrogen) atoms. The second-order valence-corrected chi connectivity index (χ2v) is 4.50. The van der Waals surface area contributed by atoms with Gasteiger partial charge in [-0.3, -0.25) is 14.4 Å². The molecule has 0 aliphatic carbocycles. The topological polar surface area (TPSA) is 78.5 Å². The molecule has 0 aromatic heterocycles. The SMILES string of the molecule is C=CCN(CC(=O)Nc1cccc(NC(C)=O)c1)C(C)=O. The second-order valence-electron chi connectivity index (χ2n) is 4.50. The molecule has 6 nitrogen and oxygen atoms in total. The Labute approximate surface area is 123 Å². The molecule has 0 atom stereocenters. The van der Waals surface area contributed by atoms with Crippen LogP contribution in [0.4, 0.5) is 11.4 Å². The van der Waals surface area contributed by atoms with Crippen LogP contribution in [0, 0.1) is 0 Å². The lowest BCUT2D eigenvalue weighted by Crippen LogP contribution is -2.36. The third kappa shape index (κ3) is 5.90. The van der Waals surface area contributed by atoms with Gasteiger partial charge >= 0.3 is 0 Å². The van der Waals surface area contributed by atoms with Gasteiger partial charge in [0.1, 0.15) is 6.54 Å². The zero-order valence-corrected chi connectivity index (χ0v) is 12.2. The van der Waals surface area contributed by atoms with Crippen LogP contribution in [0.1, 0.15) is 13.8 Å². The first-order valence-electron chi connectivity index (χ1n) is 6.46. The summed E-state index contributed by atoms with van der Waals surface area (Å²) in [5.41, 5.74) is 1.14. The van der Waals surface area contributed by atoms with Crippen molar-refractivity contribution in [1.29, 1.82) is 0 Å². The Bertz CT molecular complexity index is 555. The Morgan fingerprint density at radius 3 is 2.33 bits per heavy atom. The van der Waals surface area contributed by atoms with Gasteiger partial charge in [-0.1, -0.05) is 12.1 Å². The summed E-state index contributed by atoms with van der Waals surface area (Å²) in [6.45, 7) is 6.62. The van der Waals surface area contributed by atoms with Crippen LogP contribution in [-0.2, 0) is 14.4 Å². The van der Waals surface area contributed by atoms with Gasteiger partial charge in [-0.2, -0.15) is 0 Å². The van der Waals surface area contributed by atoms with Gasteiger partial charge < -0.3 is 15.5 Å². The fourth-order valence-corrected chi connectivity index (χ4v) is 1.71. The predicted molar refractivity (Wildman–Crippen MR) is 81.8 cm³/mol. The van der Waals surface area contributed by atoms with E-state index in [1.165, 1.54) is 18.7 Å². The highest BCUT2D eigenvalue weighted by Gasteiger charge is 2.12. The summed E-state index contributed by atoms with van der Waals surface area (Å²) in [5, 5.41) is 5.31. The van der Waals surface area contributed by atoms with E-state index >= 15 is 0 Å². The number of benzene rings is 1. The number of anilines is 2. The minimum atomic E-state index is -0.313. The van der Waals surface area contributed by atoms with Gasteiger partial charge in [-0.15, -0.1) is 6.58 Å². The van der Waals surface area contributed by atoms with Crippen molar-refractivity contribution < 1.29 is 14.4 Å². The summed E-state index contributed by atoms with van der Waals surface area (Å²) in [7, 11) is 0. The number of amides is 3. The summed E-state index contributed by atoms with van der Waals surface area (Å²) in [4.78, 5) is 35.6. The number of hydrogen-bond acceptors (Lipinski definition) is 3. The van der Waals surface area contributed by atoms with Gasteiger partial charge in [0.2, 0.25) is 17.7 Å². The van der Waals surface area contributed by atoms with Crippen LogP contribution in [-0.4, -0.2) is 35.7 Å².